The van der Waals surface area contributed by atoms with E-state index in [4.69, 9.17) is 9.47 Å². The first kappa shape index (κ1) is 19.6. The molecule has 1 heterocycles. The predicted molar refractivity (Wildman–Crippen MR) is 97.3 cm³/mol. The van der Waals surface area contributed by atoms with Gasteiger partial charge in [-0.1, -0.05) is 12.1 Å². The molecule has 0 aliphatic carbocycles. The van der Waals surface area contributed by atoms with Crippen molar-refractivity contribution in [1.82, 2.24) is 5.32 Å². The van der Waals surface area contributed by atoms with E-state index >= 15 is 0 Å². The molecular weight excluding hydrogens is 334 g/mol. The number of hydrogen-bond acceptors (Lipinski definition) is 6. The summed E-state index contributed by atoms with van der Waals surface area (Å²) < 4.78 is 10.5. The second-order valence-corrected chi connectivity index (χ2v) is 6.24. The summed E-state index contributed by atoms with van der Waals surface area (Å²) in [6.07, 6.45) is 0. The summed E-state index contributed by atoms with van der Waals surface area (Å²) in [7, 11) is 0. The highest BCUT2D eigenvalue weighted by atomic mass is 16.5. The van der Waals surface area contributed by atoms with E-state index in [-0.39, 0.29) is 19.0 Å². The Kier molecular flexibility index (Phi) is 5.75. The lowest BCUT2D eigenvalue weighted by molar-refractivity contribution is -0.140. The molecule has 0 atom stereocenters. The SMILES string of the molecule is CCOC(=O)C1=C(C)NC(C)=C(C(=O)OCC)C1(C)c1ccc(O)cc1. The number of hydrogen-bond donors (Lipinski definition) is 2. The first-order valence-corrected chi connectivity index (χ1v) is 8.60. The van der Waals surface area contributed by atoms with Gasteiger partial charge in [0.05, 0.1) is 29.8 Å². The van der Waals surface area contributed by atoms with E-state index in [1.807, 2.05) is 0 Å². The van der Waals surface area contributed by atoms with Crippen molar-refractivity contribution in [2.24, 2.45) is 0 Å². The van der Waals surface area contributed by atoms with Crippen molar-refractivity contribution in [3.63, 3.8) is 0 Å². The van der Waals surface area contributed by atoms with Crippen LogP contribution in [0.4, 0.5) is 0 Å². The minimum atomic E-state index is -1.08. The molecule has 26 heavy (non-hydrogen) atoms. The van der Waals surface area contributed by atoms with Gasteiger partial charge in [-0.2, -0.15) is 0 Å². The second kappa shape index (κ2) is 7.64. The van der Waals surface area contributed by atoms with Crippen molar-refractivity contribution in [2.75, 3.05) is 13.2 Å². The van der Waals surface area contributed by atoms with E-state index in [1.165, 1.54) is 12.1 Å². The Morgan fingerprint density at radius 3 is 1.77 bits per heavy atom. The quantitative estimate of drug-likeness (QED) is 0.787. The monoisotopic (exact) mass is 359 g/mol. The molecule has 1 aliphatic rings. The number of rotatable bonds is 5. The van der Waals surface area contributed by atoms with Crippen LogP contribution in [-0.2, 0) is 24.5 Å². The van der Waals surface area contributed by atoms with Crippen molar-refractivity contribution >= 4 is 11.9 Å². The number of dihydropyridines is 1. The van der Waals surface area contributed by atoms with Crippen LogP contribution in [0.2, 0.25) is 0 Å². The average Bonchev–Trinajstić information content (AvgIpc) is 2.55. The number of aromatic hydroxyl groups is 1. The van der Waals surface area contributed by atoms with Crippen molar-refractivity contribution in [1.29, 1.82) is 0 Å². The summed E-state index contributed by atoms with van der Waals surface area (Å²) in [6.45, 7) is 9.25. The molecule has 140 valence electrons. The summed E-state index contributed by atoms with van der Waals surface area (Å²) in [5.74, 6) is -0.896. The van der Waals surface area contributed by atoms with Crippen LogP contribution in [0, 0.1) is 0 Å². The van der Waals surface area contributed by atoms with Crippen LogP contribution in [0.25, 0.3) is 0 Å². The van der Waals surface area contributed by atoms with E-state index in [0.717, 1.165) is 0 Å². The fourth-order valence-corrected chi connectivity index (χ4v) is 3.49. The maximum Gasteiger partial charge on any atom is 0.337 e. The predicted octanol–water partition coefficient (Wildman–Crippen LogP) is 2.93. The van der Waals surface area contributed by atoms with Gasteiger partial charge >= 0.3 is 11.9 Å². The highest BCUT2D eigenvalue weighted by Crippen LogP contribution is 2.45. The Balaban J connectivity index is 2.75. The molecule has 0 aromatic heterocycles. The van der Waals surface area contributed by atoms with Crippen LogP contribution in [0.1, 0.15) is 40.2 Å². The fourth-order valence-electron chi connectivity index (χ4n) is 3.49. The summed E-state index contributed by atoms with van der Waals surface area (Å²) >= 11 is 0. The number of benzene rings is 1. The molecule has 0 saturated carbocycles. The number of allylic oxidation sites excluding steroid dienone is 2. The lowest BCUT2D eigenvalue weighted by Gasteiger charge is -2.39. The lowest BCUT2D eigenvalue weighted by Crippen LogP contribution is -2.43. The van der Waals surface area contributed by atoms with Gasteiger partial charge in [-0.15, -0.1) is 0 Å². The van der Waals surface area contributed by atoms with Gasteiger partial charge in [-0.05, 0) is 52.3 Å². The minimum absolute atomic E-state index is 0.100. The lowest BCUT2D eigenvalue weighted by atomic mass is 9.67. The molecule has 1 aromatic carbocycles. The number of phenolic OH excluding ortho intramolecular Hbond substituents is 1. The molecule has 2 rings (SSSR count). The first-order chi connectivity index (χ1) is 12.3. The summed E-state index contributed by atoms with van der Waals surface area (Å²) in [4.78, 5) is 25.5. The molecule has 0 bridgehead atoms. The Labute approximate surface area is 153 Å². The van der Waals surface area contributed by atoms with Gasteiger partial charge in [0.15, 0.2) is 0 Å². The van der Waals surface area contributed by atoms with Gasteiger partial charge in [0.2, 0.25) is 0 Å². The molecule has 1 aromatic rings. The molecule has 0 radical (unpaired) electrons. The summed E-state index contributed by atoms with van der Waals surface area (Å²) in [5.41, 5.74) is 1.53. The molecule has 0 unspecified atom stereocenters. The fraction of sp³-hybridized carbons (Fsp3) is 0.400. The van der Waals surface area contributed by atoms with E-state index in [0.29, 0.717) is 28.1 Å². The third-order valence-corrected chi connectivity index (χ3v) is 4.53. The van der Waals surface area contributed by atoms with E-state index in [2.05, 4.69) is 5.32 Å². The van der Waals surface area contributed by atoms with Crippen LogP contribution >= 0.6 is 0 Å². The first-order valence-electron chi connectivity index (χ1n) is 8.60. The zero-order valence-corrected chi connectivity index (χ0v) is 15.8. The van der Waals surface area contributed by atoms with Gasteiger partial charge in [0.1, 0.15) is 5.75 Å². The van der Waals surface area contributed by atoms with Crippen molar-refractivity contribution in [3.8, 4) is 5.75 Å². The number of nitrogens with one attached hydrogen (secondary N) is 1. The second-order valence-electron chi connectivity index (χ2n) is 6.24. The standard InChI is InChI=1S/C20H25NO5/c1-6-25-18(23)16-12(3)21-13(4)17(19(24)26-7-2)20(16,5)14-8-10-15(22)11-9-14/h8-11,21-22H,6-7H2,1-5H3. The van der Waals surface area contributed by atoms with E-state index < -0.39 is 17.4 Å². The van der Waals surface area contributed by atoms with Crippen LogP contribution < -0.4 is 5.32 Å². The Morgan fingerprint density at radius 1 is 0.962 bits per heavy atom. The highest BCUT2D eigenvalue weighted by molar-refractivity contribution is 6.01. The maximum atomic E-state index is 12.8. The van der Waals surface area contributed by atoms with Gasteiger partial charge in [-0.3, -0.25) is 0 Å². The molecule has 6 nitrogen and oxygen atoms in total. The summed E-state index contributed by atoms with van der Waals surface area (Å²) in [5, 5.41) is 12.7. The third-order valence-electron chi connectivity index (χ3n) is 4.53. The van der Waals surface area contributed by atoms with Gasteiger partial charge in [-0.25, -0.2) is 9.59 Å². The van der Waals surface area contributed by atoms with Crippen LogP contribution in [0.15, 0.2) is 46.8 Å². The average molecular weight is 359 g/mol. The topological polar surface area (TPSA) is 84.9 Å². The van der Waals surface area contributed by atoms with E-state index in [9.17, 15) is 14.7 Å². The molecule has 0 amide bonds. The molecule has 2 N–H and O–H groups in total. The van der Waals surface area contributed by atoms with Crippen LogP contribution in [0.5, 0.6) is 5.75 Å². The van der Waals surface area contributed by atoms with Crippen molar-refractivity contribution in [3.05, 3.63) is 52.4 Å². The number of esters is 2. The van der Waals surface area contributed by atoms with Crippen molar-refractivity contribution < 1.29 is 24.2 Å². The molecular formula is C20H25NO5. The zero-order valence-electron chi connectivity index (χ0n) is 15.8. The van der Waals surface area contributed by atoms with Crippen LogP contribution in [0.3, 0.4) is 0 Å². The van der Waals surface area contributed by atoms with Gasteiger partial charge in [0.25, 0.3) is 0 Å². The van der Waals surface area contributed by atoms with Gasteiger partial charge in [0, 0.05) is 11.4 Å². The molecule has 1 aliphatic heterocycles. The molecule has 6 heteroatoms. The largest absolute Gasteiger partial charge is 0.508 e. The Hall–Kier alpha value is -2.76. The number of carbonyl (C=O) groups is 2. The van der Waals surface area contributed by atoms with Crippen molar-refractivity contribution in [2.45, 2.75) is 40.0 Å². The number of phenols is 1. The Bertz CT molecular complexity index is 734. The maximum absolute atomic E-state index is 12.8. The molecule has 0 fully saturated rings. The highest BCUT2D eigenvalue weighted by Gasteiger charge is 2.47. The number of carbonyl (C=O) groups excluding carboxylic acids is 2. The number of ether oxygens (including phenoxy) is 2. The van der Waals surface area contributed by atoms with Crippen LogP contribution in [-0.4, -0.2) is 30.3 Å². The smallest absolute Gasteiger partial charge is 0.337 e. The third kappa shape index (κ3) is 3.31. The Morgan fingerprint density at radius 2 is 1.38 bits per heavy atom. The molecule has 0 saturated heterocycles. The summed E-state index contributed by atoms with van der Waals surface area (Å²) in [6, 6.07) is 6.44. The van der Waals surface area contributed by atoms with E-state index in [1.54, 1.807) is 46.8 Å². The zero-order chi connectivity index (χ0) is 19.5. The normalized spacial score (nSPS) is 16.2. The molecule has 0 spiro atoms. The van der Waals surface area contributed by atoms with Gasteiger partial charge < -0.3 is 19.9 Å². The minimum Gasteiger partial charge on any atom is -0.508 e.